The SMILES string of the molecule is Cc1cc(NC(=O)c2cccc(F)c2C)ccc1C(=O)N1CCc2cn(C)nc2-c2ccccc21. The summed E-state index contributed by atoms with van der Waals surface area (Å²) < 4.78 is 15.7. The number of carbonyl (C=O) groups excluding carboxylic acids is 2. The molecule has 0 spiro atoms. The van der Waals surface area contributed by atoms with E-state index >= 15 is 0 Å². The Morgan fingerprint density at radius 1 is 1.00 bits per heavy atom. The van der Waals surface area contributed by atoms with Crippen LogP contribution in [0.25, 0.3) is 11.3 Å². The highest BCUT2D eigenvalue weighted by molar-refractivity contribution is 6.10. The number of halogens is 1. The molecule has 2 amide bonds. The van der Waals surface area contributed by atoms with Gasteiger partial charge in [0, 0.05) is 42.2 Å². The molecule has 1 aliphatic heterocycles. The second kappa shape index (κ2) is 8.83. The summed E-state index contributed by atoms with van der Waals surface area (Å²) >= 11 is 0. The fourth-order valence-electron chi connectivity index (χ4n) is 4.60. The van der Waals surface area contributed by atoms with Gasteiger partial charge in [-0.3, -0.25) is 14.3 Å². The lowest BCUT2D eigenvalue weighted by Gasteiger charge is -2.24. The number of hydrogen-bond donors (Lipinski definition) is 1. The molecule has 3 aromatic carbocycles. The summed E-state index contributed by atoms with van der Waals surface area (Å²) in [6.07, 6.45) is 2.70. The Hall–Kier alpha value is -4.26. The molecule has 1 aromatic heterocycles. The maximum absolute atomic E-state index is 13.9. The van der Waals surface area contributed by atoms with Crippen molar-refractivity contribution in [1.29, 1.82) is 0 Å². The normalized spacial score (nSPS) is 12.5. The first kappa shape index (κ1) is 22.5. The van der Waals surface area contributed by atoms with Crippen molar-refractivity contribution in [1.82, 2.24) is 9.78 Å². The topological polar surface area (TPSA) is 67.2 Å². The van der Waals surface area contributed by atoms with Gasteiger partial charge in [0.05, 0.1) is 11.4 Å². The number of nitrogens with zero attached hydrogens (tertiary/aromatic N) is 3. The summed E-state index contributed by atoms with van der Waals surface area (Å²) in [6, 6.07) is 17.4. The minimum Gasteiger partial charge on any atom is -0.322 e. The van der Waals surface area contributed by atoms with Crippen LogP contribution in [-0.2, 0) is 13.5 Å². The molecule has 2 heterocycles. The van der Waals surface area contributed by atoms with Crippen LogP contribution >= 0.6 is 0 Å². The summed E-state index contributed by atoms with van der Waals surface area (Å²) in [6.45, 7) is 3.95. The number of anilines is 2. The molecule has 0 saturated carbocycles. The van der Waals surface area contributed by atoms with E-state index in [1.165, 1.54) is 12.1 Å². The summed E-state index contributed by atoms with van der Waals surface area (Å²) in [5.74, 6) is -0.930. The smallest absolute Gasteiger partial charge is 0.258 e. The lowest BCUT2D eigenvalue weighted by atomic mass is 10.0. The molecule has 1 N–H and O–H groups in total. The van der Waals surface area contributed by atoms with Gasteiger partial charge in [-0.2, -0.15) is 5.10 Å². The largest absolute Gasteiger partial charge is 0.322 e. The predicted octanol–water partition coefficient (Wildman–Crippen LogP) is 5.30. The highest BCUT2D eigenvalue weighted by Crippen LogP contribution is 2.36. The summed E-state index contributed by atoms with van der Waals surface area (Å²) in [5, 5.41) is 7.44. The lowest BCUT2D eigenvalue weighted by molar-refractivity contribution is 0.0985. The Balaban J connectivity index is 1.42. The predicted molar refractivity (Wildman–Crippen MR) is 134 cm³/mol. The van der Waals surface area contributed by atoms with Crippen LogP contribution in [0.5, 0.6) is 0 Å². The molecule has 35 heavy (non-hydrogen) atoms. The fraction of sp³-hybridized carbons (Fsp3) is 0.179. The summed E-state index contributed by atoms with van der Waals surface area (Å²) in [5.41, 5.74) is 6.18. The molecule has 176 valence electrons. The third-order valence-corrected chi connectivity index (χ3v) is 6.43. The van der Waals surface area contributed by atoms with Crippen LogP contribution in [0, 0.1) is 19.7 Å². The number of aromatic nitrogens is 2. The second-order valence-corrected chi connectivity index (χ2v) is 8.80. The zero-order valence-corrected chi connectivity index (χ0v) is 19.8. The number of carbonyl (C=O) groups is 2. The molecule has 0 fully saturated rings. The van der Waals surface area contributed by atoms with Crippen LogP contribution in [0.2, 0.25) is 0 Å². The Morgan fingerprint density at radius 2 is 1.80 bits per heavy atom. The van der Waals surface area contributed by atoms with E-state index in [1.807, 2.05) is 44.4 Å². The zero-order chi connectivity index (χ0) is 24.7. The van der Waals surface area contributed by atoms with Crippen molar-refractivity contribution in [2.45, 2.75) is 20.3 Å². The van der Waals surface area contributed by atoms with Gasteiger partial charge in [0.2, 0.25) is 0 Å². The van der Waals surface area contributed by atoms with Gasteiger partial charge in [-0.05, 0) is 73.4 Å². The number of rotatable bonds is 3. The number of hydrogen-bond acceptors (Lipinski definition) is 3. The van der Waals surface area contributed by atoms with Crippen molar-refractivity contribution in [3.8, 4) is 11.3 Å². The van der Waals surface area contributed by atoms with E-state index in [0.29, 0.717) is 29.8 Å². The highest BCUT2D eigenvalue weighted by atomic mass is 19.1. The number of amides is 2. The van der Waals surface area contributed by atoms with Crippen molar-refractivity contribution < 1.29 is 14.0 Å². The number of nitrogens with one attached hydrogen (secondary N) is 1. The maximum Gasteiger partial charge on any atom is 0.258 e. The second-order valence-electron chi connectivity index (χ2n) is 8.80. The van der Waals surface area contributed by atoms with Crippen molar-refractivity contribution in [2.24, 2.45) is 7.05 Å². The summed E-state index contributed by atoms with van der Waals surface area (Å²) in [7, 11) is 1.90. The minimum absolute atomic E-state index is 0.108. The first-order valence-electron chi connectivity index (χ1n) is 11.4. The van der Waals surface area contributed by atoms with E-state index in [1.54, 1.807) is 40.8 Å². The molecule has 0 atom stereocenters. The molecule has 5 rings (SSSR count). The molecule has 1 aliphatic rings. The van der Waals surface area contributed by atoms with E-state index in [2.05, 4.69) is 10.4 Å². The fourth-order valence-corrected chi connectivity index (χ4v) is 4.60. The molecule has 4 aromatic rings. The van der Waals surface area contributed by atoms with Crippen molar-refractivity contribution in [3.05, 3.63) is 100 Å². The first-order valence-corrected chi connectivity index (χ1v) is 11.4. The van der Waals surface area contributed by atoms with Crippen molar-refractivity contribution in [3.63, 3.8) is 0 Å². The van der Waals surface area contributed by atoms with Gasteiger partial charge in [-0.15, -0.1) is 0 Å². The molecule has 6 nitrogen and oxygen atoms in total. The number of para-hydroxylation sites is 1. The van der Waals surface area contributed by atoms with Gasteiger partial charge in [-0.1, -0.05) is 24.3 Å². The van der Waals surface area contributed by atoms with Gasteiger partial charge in [0.15, 0.2) is 0 Å². The number of benzene rings is 3. The third-order valence-electron chi connectivity index (χ3n) is 6.43. The monoisotopic (exact) mass is 468 g/mol. The number of fused-ring (bicyclic) bond motifs is 3. The Kier molecular flexibility index (Phi) is 5.68. The van der Waals surface area contributed by atoms with E-state index in [-0.39, 0.29) is 11.5 Å². The quantitative estimate of drug-likeness (QED) is 0.444. The minimum atomic E-state index is -0.426. The maximum atomic E-state index is 13.9. The average molecular weight is 469 g/mol. The van der Waals surface area contributed by atoms with Crippen molar-refractivity contribution in [2.75, 3.05) is 16.8 Å². The van der Waals surface area contributed by atoms with Gasteiger partial charge >= 0.3 is 0 Å². The Bertz CT molecular complexity index is 1470. The van der Waals surface area contributed by atoms with E-state index < -0.39 is 11.7 Å². The van der Waals surface area contributed by atoms with Crippen LogP contribution in [-0.4, -0.2) is 28.1 Å². The lowest BCUT2D eigenvalue weighted by Crippen LogP contribution is -2.33. The molecule has 0 aliphatic carbocycles. The molecule has 0 bridgehead atoms. The van der Waals surface area contributed by atoms with E-state index in [0.717, 1.165) is 28.1 Å². The molecule has 7 heteroatoms. The first-order chi connectivity index (χ1) is 16.8. The Labute approximate surface area is 203 Å². The third kappa shape index (κ3) is 4.10. The van der Waals surface area contributed by atoms with Crippen LogP contribution in [0.1, 0.15) is 37.4 Å². The van der Waals surface area contributed by atoms with Crippen LogP contribution in [0.15, 0.2) is 66.9 Å². The van der Waals surface area contributed by atoms with Gasteiger partial charge in [-0.25, -0.2) is 4.39 Å². The van der Waals surface area contributed by atoms with E-state index in [9.17, 15) is 14.0 Å². The standard InChI is InChI=1S/C28H25FN4O2/c1-17-15-20(30-27(34)22-8-6-9-24(29)18(22)2)11-12-21(17)28(35)33-14-13-19-16-32(3)31-26(19)23-7-4-5-10-25(23)33/h4-12,15-16H,13-14H2,1-3H3,(H,30,34). The van der Waals surface area contributed by atoms with Crippen LogP contribution in [0.3, 0.4) is 0 Å². The highest BCUT2D eigenvalue weighted by Gasteiger charge is 2.27. The molecule has 0 unspecified atom stereocenters. The van der Waals surface area contributed by atoms with Crippen LogP contribution < -0.4 is 10.2 Å². The molecular weight excluding hydrogens is 443 g/mol. The van der Waals surface area contributed by atoms with Crippen molar-refractivity contribution >= 4 is 23.2 Å². The zero-order valence-electron chi connectivity index (χ0n) is 19.8. The summed E-state index contributed by atoms with van der Waals surface area (Å²) in [4.78, 5) is 28.2. The van der Waals surface area contributed by atoms with E-state index in [4.69, 9.17) is 0 Å². The number of aryl methyl sites for hydroxylation is 2. The molecule has 0 radical (unpaired) electrons. The van der Waals surface area contributed by atoms with Gasteiger partial charge in [0.25, 0.3) is 11.8 Å². The average Bonchev–Trinajstić information content (AvgIpc) is 3.14. The molecular formula is C28H25FN4O2. The van der Waals surface area contributed by atoms with Crippen LogP contribution in [0.4, 0.5) is 15.8 Å². The Morgan fingerprint density at radius 3 is 2.60 bits per heavy atom. The van der Waals surface area contributed by atoms with Gasteiger partial charge in [0.1, 0.15) is 5.82 Å². The molecule has 0 saturated heterocycles. The van der Waals surface area contributed by atoms with Gasteiger partial charge < -0.3 is 10.2 Å².